The molecule has 0 radical (unpaired) electrons. The summed E-state index contributed by atoms with van der Waals surface area (Å²) >= 11 is 0. The quantitative estimate of drug-likeness (QED) is 0.629. The lowest BCUT2D eigenvalue weighted by Gasteiger charge is -2.24. The zero-order valence-corrected chi connectivity index (χ0v) is 9.88. The van der Waals surface area contributed by atoms with Crippen LogP contribution in [0.3, 0.4) is 0 Å². The van der Waals surface area contributed by atoms with Gasteiger partial charge in [0.15, 0.2) is 0 Å². The van der Waals surface area contributed by atoms with Crippen molar-refractivity contribution in [1.82, 2.24) is 0 Å². The number of hydrogen-bond acceptors (Lipinski definition) is 3. The molecule has 1 aromatic rings. The Balaban J connectivity index is 3.23. The van der Waals surface area contributed by atoms with Crippen LogP contribution in [0.5, 0.6) is 0 Å². The van der Waals surface area contributed by atoms with Gasteiger partial charge in [0.05, 0.1) is 4.92 Å². The Morgan fingerprint density at radius 2 is 1.81 bits per heavy atom. The smallest absolute Gasteiger partial charge is 0.272 e. The second kappa shape index (κ2) is 5.07. The van der Waals surface area contributed by atoms with E-state index in [4.69, 9.17) is 5.73 Å². The van der Waals surface area contributed by atoms with Crippen LogP contribution < -0.4 is 5.73 Å². The first-order chi connectivity index (χ1) is 7.45. The molecule has 0 aliphatic heterocycles. The lowest BCUT2D eigenvalue weighted by molar-refractivity contribution is -0.385. The van der Waals surface area contributed by atoms with Crippen molar-refractivity contribution >= 4 is 5.69 Å². The number of nitro benzene ring substituents is 1. The molecular formula is C12H18N2O2. The normalized spacial score (nSPS) is 14.8. The lowest BCUT2D eigenvalue weighted by atomic mass is 9.83. The molecule has 0 fully saturated rings. The Morgan fingerprint density at radius 1 is 1.25 bits per heavy atom. The summed E-state index contributed by atoms with van der Waals surface area (Å²) in [6, 6.07) is 6.74. The van der Waals surface area contributed by atoms with Crippen LogP contribution in [0.2, 0.25) is 0 Å². The SMILES string of the molecule is CC(C)C(c1ccccc1[N+](=O)[O-])C(C)N. The first-order valence-electron chi connectivity index (χ1n) is 5.44. The first kappa shape index (κ1) is 12.6. The van der Waals surface area contributed by atoms with Gasteiger partial charge in [0, 0.05) is 23.6 Å². The van der Waals surface area contributed by atoms with E-state index >= 15 is 0 Å². The number of nitrogens with two attached hydrogens (primary N) is 1. The van der Waals surface area contributed by atoms with Gasteiger partial charge in [-0.25, -0.2) is 0 Å². The summed E-state index contributed by atoms with van der Waals surface area (Å²) in [6.07, 6.45) is 0. The van der Waals surface area contributed by atoms with E-state index < -0.39 is 0 Å². The van der Waals surface area contributed by atoms with E-state index in [1.54, 1.807) is 12.1 Å². The molecule has 0 saturated carbocycles. The van der Waals surface area contributed by atoms with Crippen molar-refractivity contribution in [3.05, 3.63) is 39.9 Å². The van der Waals surface area contributed by atoms with Crippen LogP contribution in [0, 0.1) is 16.0 Å². The maximum absolute atomic E-state index is 10.9. The van der Waals surface area contributed by atoms with Crippen molar-refractivity contribution in [3.8, 4) is 0 Å². The minimum Gasteiger partial charge on any atom is -0.327 e. The molecular weight excluding hydrogens is 204 g/mol. The maximum atomic E-state index is 10.9. The van der Waals surface area contributed by atoms with E-state index in [-0.39, 0.29) is 28.5 Å². The molecule has 4 nitrogen and oxygen atoms in total. The largest absolute Gasteiger partial charge is 0.327 e. The van der Waals surface area contributed by atoms with Gasteiger partial charge < -0.3 is 5.73 Å². The van der Waals surface area contributed by atoms with Gasteiger partial charge in [-0.3, -0.25) is 10.1 Å². The number of nitro groups is 1. The van der Waals surface area contributed by atoms with Crippen LogP contribution in [0.4, 0.5) is 5.69 Å². The van der Waals surface area contributed by atoms with Gasteiger partial charge in [0.25, 0.3) is 5.69 Å². The van der Waals surface area contributed by atoms with Crippen molar-refractivity contribution in [2.24, 2.45) is 11.7 Å². The number of rotatable bonds is 4. The van der Waals surface area contributed by atoms with E-state index in [0.717, 1.165) is 5.56 Å². The molecule has 0 aliphatic carbocycles. The number of hydrogen-bond donors (Lipinski definition) is 1. The Labute approximate surface area is 95.6 Å². The number of para-hydroxylation sites is 1. The first-order valence-corrected chi connectivity index (χ1v) is 5.44. The van der Waals surface area contributed by atoms with Gasteiger partial charge in [0.2, 0.25) is 0 Å². The molecule has 2 atom stereocenters. The topological polar surface area (TPSA) is 69.2 Å². The molecule has 0 bridgehead atoms. The zero-order chi connectivity index (χ0) is 12.3. The molecule has 16 heavy (non-hydrogen) atoms. The van der Waals surface area contributed by atoms with E-state index in [1.807, 2.05) is 26.8 Å². The molecule has 2 N–H and O–H groups in total. The molecule has 88 valence electrons. The summed E-state index contributed by atoms with van der Waals surface area (Å²) in [6.45, 7) is 5.96. The third-order valence-corrected chi connectivity index (χ3v) is 2.78. The van der Waals surface area contributed by atoms with Crippen molar-refractivity contribution < 1.29 is 4.92 Å². The molecule has 0 aliphatic rings. The van der Waals surface area contributed by atoms with Crippen LogP contribution in [0.15, 0.2) is 24.3 Å². The highest BCUT2D eigenvalue weighted by molar-refractivity contribution is 5.43. The third kappa shape index (κ3) is 2.58. The standard InChI is InChI=1S/C12H18N2O2/c1-8(2)12(9(3)13)10-6-4-5-7-11(10)14(15)16/h4-9,12H,13H2,1-3H3. The van der Waals surface area contributed by atoms with Crippen molar-refractivity contribution in [2.75, 3.05) is 0 Å². The van der Waals surface area contributed by atoms with Crippen molar-refractivity contribution in [3.63, 3.8) is 0 Å². The Bertz CT molecular complexity index is 367. The molecule has 1 aromatic carbocycles. The van der Waals surface area contributed by atoms with E-state index in [2.05, 4.69) is 0 Å². The molecule has 2 unspecified atom stereocenters. The number of benzene rings is 1. The highest BCUT2D eigenvalue weighted by atomic mass is 16.6. The fourth-order valence-corrected chi connectivity index (χ4v) is 2.19. The zero-order valence-electron chi connectivity index (χ0n) is 9.88. The van der Waals surface area contributed by atoms with Gasteiger partial charge in [-0.15, -0.1) is 0 Å². The van der Waals surface area contributed by atoms with Gasteiger partial charge in [-0.05, 0) is 12.8 Å². The number of nitrogens with zero attached hydrogens (tertiary/aromatic N) is 1. The monoisotopic (exact) mass is 222 g/mol. The predicted molar refractivity (Wildman–Crippen MR) is 64.3 cm³/mol. The van der Waals surface area contributed by atoms with Crippen LogP contribution in [0.1, 0.15) is 32.3 Å². The molecule has 0 aromatic heterocycles. The summed E-state index contributed by atoms with van der Waals surface area (Å²) in [5.74, 6) is 0.294. The van der Waals surface area contributed by atoms with Gasteiger partial charge >= 0.3 is 0 Å². The van der Waals surface area contributed by atoms with Crippen molar-refractivity contribution in [2.45, 2.75) is 32.7 Å². The molecule has 4 heteroatoms. The second-order valence-electron chi connectivity index (χ2n) is 4.44. The molecule has 1 rings (SSSR count). The highest BCUT2D eigenvalue weighted by Crippen LogP contribution is 2.33. The minimum atomic E-state index is -0.340. The van der Waals surface area contributed by atoms with E-state index in [9.17, 15) is 10.1 Å². The van der Waals surface area contributed by atoms with Crippen LogP contribution in [-0.2, 0) is 0 Å². The fourth-order valence-electron chi connectivity index (χ4n) is 2.19. The van der Waals surface area contributed by atoms with Gasteiger partial charge in [-0.2, -0.15) is 0 Å². The summed E-state index contributed by atoms with van der Waals surface area (Å²) in [4.78, 5) is 10.6. The minimum absolute atomic E-state index is 0.0154. The maximum Gasteiger partial charge on any atom is 0.272 e. The Morgan fingerprint density at radius 3 is 2.25 bits per heavy atom. The summed E-state index contributed by atoms with van der Waals surface area (Å²) in [5, 5.41) is 10.9. The molecule has 0 heterocycles. The van der Waals surface area contributed by atoms with Crippen LogP contribution in [0.25, 0.3) is 0 Å². The summed E-state index contributed by atoms with van der Waals surface area (Å²) < 4.78 is 0. The fraction of sp³-hybridized carbons (Fsp3) is 0.500. The lowest BCUT2D eigenvalue weighted by Crippen LogP contribution is -2.29. The predicted octanol–water partition coefficient (Wildman–Crippen LogP) is 2.68. The molecule has 0 amide bonds. The van der Waals surface area contributed by atoms with E-state index in [0.29, 0.717) is 0 Å². The van der Waals surface area contributed by atoms with Crippen LogP contribution >= 0.6 is 0 Å². The molecule has 0 spiro atoms. The second-order valence-corrected chi connectivity index (χ2v) is 4.44. The van der Waals surface area contributed by atoms with Crippen molar-refractivity contribution in [1.29, 1.82) is 0 Å². The average Bonchev–Trinajstić information content (AvgIpc) is 2.17. The van der Waals surface area contributed by atoms with Crippen LogP contribution in [-0.4, -0.2) is 11.0 Å². The Kier molecular flexibility index (Phi) is 4.01. The van der Waals surface area contributed by atoms with E-state index in [1.165, 1.54) is 6.07 Å². The highest BCUT2D eigenvalue weighted by Gasteiger charge is 2.26. The van der Waals surface area contributed by atoms with Gasteiger partial charge in [0.1, 0.15) is 0 Å². The van der Waals surface area contributed by atoms with Gasteiger partial charge in [-0.1, -0.05) is 32.0 Å². The Hall–Kier alpha value is -1.42. The third-order valence-electron chi connectivity index (χ3n) is 2.78. The average molecular weight is 222 g/mol. The summed E-state index contributed by atoms with van der Waals surface area (Å²) in [7, 11) is 0. The molecule has 0 saturated heterocycles. The summed E-state index contributed by atoms with van der Waals surface area (Å²) in [5.41, 5.74) is 6.82.